The van der Waals surface area contributed by atoms with Gasteiger partial charge in [0.15, 0.2) is 5.96 Å². The fraction of sp³-hybridized carbons (Fsp3) is 0.524. The molecule has 0 amide bonds. The van der Waals surface area contributed by atoms with Crippen LogP contribution in [0.1, 0.15) is 40.9 Å². The average molecular weight is 514 g/mol. The molecule has 0 atom stereocenters. The highest BCUT2D eigenvalue weighted by molar-refractivity contribution is 14.0. The van der Waals surface area contributed by atoms with Gasteiger partial charge in [0.2, 0.25) is 0 Å². The Hall–Kier alpha value is -1.35. The lowest BCUT2D eigenvalue weighted by atomic mass is 10.2. The third-order valence-corrected chi connectivity index (χ3v) is 5.67. The van der Waals surface area contributed by atoms with Gasteiger partial charge in [-0.3, -0.25) is 0 Å². The van der Waals surface area contributed by atoms with E-state index in [4.69, 9.17) is 9.73 Å². The summed E-state index contributed by atoms with van der Waals surface area (Å²) in [6.07, 6.45) is 3.56. The van der Waals surface area contributed by atoms with Gasteiger partial charge in [-0.05, 0) is 45.6 Å². The van der Waals surface area contributed by atoms with E-state index in [1.165, 1.54) is 17.7 Å². The van der Waals surface area contributed by atoms with Gasteiger partial charge in [-0.1, -0.05) is 18.2 Å². The lowest BCUT2D eigenvalue weighted by molar-refractivity contribution is 0.297. The summed E-state index contributed by atoms with van der Waals surface area (Å²) in [5.74, 6) is 2.55. The van der Waals surface area contributed by atoms with Crippen LogP contribution in [-0.4, -0.2) is 30.6 Å². The molecule has 0 radical (unpaired) electrons. The predicted octanol–water partition coefficient (Wildman–Crippen LogP) is 4.46. The molecule has 1 aliphatic carbocycles. The van der Waals surface area contributed by atoms with Crippen molar-refractivity contribution < 1.29 is 4.74 Å². The zero-order valence-electron chi connectivity index (χ0n) is 17.0. The number of halogens is 1. The van der Waals surface area contributed by atoms with E-state index in [2.05, 4.69) is 42.5 Å². The highest BCUT2D eigenvalue weighted by Gasteiger charge is 2.22. The zero-order chi connectivity index (χ0) is 19.1. The number of para-hydroxylation sites is 1. The fourth-order valence-corrected chi connectivity index (χ4v) is 3.81. The van der Waals surface area contributed by atoms with Crippen LogP contribution in [0, 0.1) is 19.8 Å². The monoisotopic (exact) mass is 514 g/mol. The highest BCUT2D eigenvalue weighted by Crippen LogP contribution is 2.30. The van der Waals surface area contributed by atoms with Crippen molar-refractivity contribution in [1.82, 2.24) is 15.6 Å². The Balaban J connectivity index is 0.00000280. The summed E-state index contributed by atoms with van der Waals surface area (Å²) in [4.78, 5) is 10.6. The number of aliphatic imine (C=N–C) groups is 1. The second kappa shape index (κ2) is 11.6. The smallest absolute Gasteiger partial charge is 0.191 e. The summed E-state index contributed by atoms with van der Waals surface area (Å²) in [6, 6.07) is 8.21. The van der Waals surface area contributed by atoms with Crippen LogP contribution in [0.15, 0.2) is 29.3 Å². The molecule has 1 aromatic heterocycles. The first-order valence-corrected chi connectivity index (χ1v) is 10.6. The van der Waals surface area contributed by atoms with E-state index < -0.39 is 0 Å². The van der Waals surface area contributed by atoms with Crippen molar-refractivity contribution in [3.63, 3.8) is 0 Å². The quantitative estimate of drug-likeness (QED) is 0.295. The molecular weight excluding hydrogens is 483 g/mol. The van der Waals surface area contributed by atoms with Crippen molar-refractivity contribution in [3.05, 3.63) is 45.4 Å². The van der Waals surface area contributed by atoms with Gasteiger partial charge in [0.1, 0.15) is 5.75 Å². The summed E-state index contributed by atoms with van der Waals surface area (Å²) >= 11 is 1.78. The minimum atomic E-state index is 0. The Morgan fingerprint density at radius 2 is 2.04 bits per heavy atom. The Bertz CT molecular complexity index is 774. The predicted molar refractivity (Wildman–Crippen MR) is 128 cm³/mol. The molecule has 0 saturated heterocycles. The number of hydrogen-bond acceptors (Lipinski definition) is 4. The van der Waals surface area contributed by atoms with Crippen LogP contribution < -0.4 is 15.4 Å². The third kappa shape index (κ3) is 7.24. The van der Waals surface area contributed by atoms with Gasteiger partial charge in [-0.15, -0.1) is 35.3 Å². The fourth-order valence-electron chi connectivity index (χ4n) is 2.87. The topological polar surface area (TPSA) is 58.5 Å². The van der Waals surface area contributed by atoms with E-state index in [1.807, 2.05) is 18.2 Å². The maximum Gasteiger partial charge on any atom is 0.191 e. The Kier molecular flexibility index (Phi) is 9.50. The van der Waals surface area contributed by atoms with E-state index in [1.54, 1.807) is 11.3 Å². The van der Waals surface area contributed by atoms with Crippen molar-refractivity contribution in [2.75, 3.05) is 19.7 Å². The molecule has 2 aromatic rings. The van der Waals surface area contributed by atoms with Gasteiger partial charge in [0.25, 0.3) is 0 Å². The zero-order valence-corrected chi connectivity index (χ0v) is 20.1. The SMILES string of the molecule is CCNC(=NCc1ccccc1OCC1CC1)NCCc1sc(C)nc1C.I. The van der Waals surface area contributed by atoms with Gasteiger partial charge in [0, 0.05) is 30.0 Å². The Labute approximate surface area is 189 Å². The molecule has 2 N–H and O–H groups in total. The first kappa shape index (κ1) is 22.9. The van der Waals surface area contributed by atoms with Gasteiger partial charge >= 0.3 is 0 Å². The summed E-state index contributed by atoms with van der Waals surface area (Å²) in [6.45, 7) is 9.33. The molecule has 5 nitrogen and oxygen atoms in total. The van der Waals surface area contributed by atoms with Crippen LogP contribution in [0.25, 0.3) is 0 Å². The molecule has 1 saturated carbocycles. The van der Waals surface area contributed by atoms with Gasteiger partial charge in [0.05, 0.1) is 23.9 Å². The molecule has 3 rings (SSSR count). The number of ether oxygens (including phenoxy) is 1. The summed E-state index contributed by atoms with van der Waals surface area (Å²) in [5.41, 5.74) is 2.27. The number of hydrogen-bond donors (Lipinski definition) is 2. The molecule has 7 heteroatoms. The lowest BCUT2D eigenvalue weighted by Crippen LogP contribution is -2.38. The second-order valence-electron chi connectivity index (χ2n) is 6.98. The van der Waals surface area contributed by atoms with Gasteiger partial charge < -0.3 is 15.4 Å². The van der Waals surface area contributed by atoms with Crippen molar-refractivity contribution in [2.45, 2.75) is 46.6 Å². The first-order valence-electron chi connectivity index (χ1n) is 9.81. The van der Waals surface area contributed by atoms with E-state index in [9.17, 15) is 0 Å². The molecule has 154 valence electrons. The number of thiazole rings is 1. The largest absolute Gasteiger partial charge is 0.493 e. The highest BCUT2D eigenvalue weighted by atomic mass is 127. The van der Waals surface area contributed by atoms with Gasteiger partial charge in [-0.25, -0.2) is 9.98 Å². The minimum absolute atomic E-state index is 0. The van der Waals surface area contributed by atoms with Crippen LogP contribution in [0.2, 0.25) is 0 Å². The summed E-state index contributed by atoms with van der Waals surface area (Å²) in [5, 5.41) is 7.89. The first-order chi connectivity index (χ1) is 13.2. The van der Waals surface area contributed by atoms with Crippen molar-refractivity contribution >= 4 is 41.3 Å². The molecule has 0 bridgehead atoms. The molecule has 0 spiro atoms. The maximum atomic E-state index is 5.99. The number of rotatable bonds is 9. The van der Waals surface area contributed by atoms with Crippen LogP contribution in [0.4, 0.5) is 0 Å². The van der Waals surface area contributed by atoms with E-state index in [-0.39, 0.29) is 24.0 Å². The Morgan fingerprint density at radius 1 is 1.25 bits per heavy atom. The van der Waals surface area contributed by atoms with Crippen LogP contribution >= 0.6 is 35.3 Å². The molecule has 1 fully saturated rings. The molecule has 1 aliphatic rings. The minimum Gasteiger partial charge on any atom is -0.493 e. The van der Waals surface area contributed by atoms with Crippen molar-refractivity contribution in [2.24, 2.45) is 10.9 Å². The number of benzene rings is 1. The third-order valence-electron chi connectivity index (χ3n) is 4.54. The second-order valence-corrected chi connectivity index (χ2v) is 8.26. The molecular formula is C21H31IN4OS. The standard InChI is InChI=1S/C21H30N4OS.HI/c1-4-22-21(23-12-11-20-15(2)25-16(3)27-20)24-13-18-7-5-6-8-19(18)26-14-17-9-10-17;/h5-8,17H,4,9-14H2,1-3H3,(H2,22,23,24);1H. The van der Waals surface area contributed by atoms with E-state index in [0.29, 0.717) is 6.54 Å². The van der Waals surface area contributed by atoms with Crippen LogP contribution in [0.3, 0.4) is 0 Å². The maximum absolute atomic E-state index is 5.99. The Morgan fingerprint density at radius 3 is 2.71 bits per heavy atom. The normalized spacial score (nSPS) is 13.8. The molecule has 1 heterocycles. The molecule has 0 unspecified atom stereocenters. The number of nitrogens with one attached hydrogen (secondary N) is 2. The van der Waals surface area contributed by atoms with E-state index >= 15 is 0 Å². The number of guanidine groups is 1. The summed E-state index contributed by atoms with van der Waals surface area (Å²) in [7, 11) is 0. The van der Waals surface area contributed by atoms with Crippen LogP contribution in [0.5, 0.6) is 5.75 Å². The number of aromatic nitrogens is 1. The number of aryl methyl sites for hydroxylation is 2. The molecule has 28 heavy (non-hydrogen) atoms. The summed E-state index contributed by atoms with van der Waals surface area (Å²) < 4.78 is 5.99. The van der Waals surface area contributed by atoms with Crippen LogP contribution in [-0.2, 0) is 13.0 Å². The molecule has 1 aromatic carbocycles. The van der Waals surface area contributed by atoms with Crippen molar-refractivity contribution in [1.29, 1.82) is 0 Å². The average Bonchev–Trinajstić information content (AvgIpc) is 3.43. The van der Waals surface area contributed by atoms with Gasteiger partial charge in [-0.2, -0.15) is 0 Å². The molecule has 0 aliphatic heterocycles. The van der Waals surface area contributed by atoms with E-state index in [0.717, 1.165) is 60.0 Å². The lowest BCUT2D eigenvalue weighted by Gasteiger charge is -2.13. The number of nitrogens with zero attached hydrogens (tertiary/aromatic N) is 2. The van der Waals surface area contributed by atoms with Crippen molar-refractivity contribution in [3.8, 4) is 5.75 Å².